The van der Waals surface area contributed by atoms with Crippen LogP contribution in [0.15, 0.2) is 97.1 Å². The number of ether oxygens (including phenoxy) is 5. The molecule has 0 spiro atoms. The highest BCUT2D eigenvalue weighted by Gasteiger charge is 2.25. The van der Waals surface area contributed by atoms with Crippen molar-refractivity contribution in [1.82, 2.24) is 0 Å². The van der Waals surface area contributed by atoms with Gasteiger partial charge < -0.3 is 53.9 Å². The molecule has 4 unspecified atom stereocenters. The number of hydrogen-bond donors (Lipinski definition) is 4. The van der Waals surface area contributed by atoms with Crippen LogP contribution < -0.4 is 14.5 Å². The van der Waals surface area contributed by atoms with Crippen molar-refractivity contribution in [2.24, 2.45) is 0 Å². The predicted octanol–water partition coefficient (Wildman–Crippen LogP) is 3.01. The van der Waals surface area contributed by atoms with Gasteiger partial charge in [-0.3, -0.25) is 0 Å². The molecule has 2 aromatic carbocycles. The minimum Gasteiger partial charge on any atom is -0.457 e. The maximum atomic E-state index is 12.2. The molecule has 0 aliphatic rings. The highest BCUT2D eigenvalue weighted by Crippen LogP contribution is 2.28. The molecule has 15 heteroatoms. The lowest BCUT2D eigenvalue weighted by Gasteiger charge is -2.31. The standard InChI is InChI=1S/C40H52N2O13/c1-25(2)37(47)52-33(21-43)17-41(18-34(22-44)53-38(48)26(3)4)29-9-13-31(14-10-29)51-32-15-11-30(12-16-32)42(19-35(23-45)54-39(49)27(5)6)20-36(24-46)55-40(50)28(7)8/h9-16,33-36,43-46H,1,3,5,7,17-24H2,2,4,6,8H3. The Kier molecular flexibility index (Phi) is 18.8. The summed E-state index contributed by atoms with van der Waals surface area (Å²) in [7, 11) is 0. The second kappa shape index (κ2) is 22.7. The van der Waals surface area contributed by atoms with Crippen molar-refractivity contribution < 1.29 is 63.3 Å². The summed E-state index contributed by atoms with van der Waals surface area (Å²) in [4.78, 5) is 52.1. The summed E-state index contributed by atoms with van der Waals surface area (Å²) in [5, 5.41) is 39.9. The van der Waals surface area contributed by atoms with Crippen molar-refractivity contribution in [3.63, 3.8) is 0 Å². The third-order valence-corrected chi connectivity index (χ3v) is 7.64. The number of esters is 4. The molecule has 2 aromatic rings. The van der Waals surface area contributed by atoms with Crippen molar-refractivity contribution in [1.29, 1.82) is 0 Å². The number of hydrogen-bond acceptors (Lipinski definition) is 15. The fourth-order valence-corrected chi connectivity index (χ4v) is 4.68. The van der Waals surface area contributed by atoms with E-state index in [1.807, 2.05) is 0 Å². The van der Waals surface area contributed by atoms with E-state index in [1.54, 1.807) is 58.3 Å². The second-order valence-electron chi connectivity index (χ2n) is 12.9. The van der Waals surface area contributed by atoms with E-state index < -0.39 is 74.7 Å². The zero-order valence-electron chi connectivity index (χ0n) is 31.8. The Bertz CT molecular complexity index is 1460. The molecule has 15 nitrogen and oxygen atoms in total. The first-order valence-electron chi connectivity index (χ1n) is 17.3. The van der Waals surface area contributed by atoms with E-state index >= 15 is 0 Å². The van der Waals surface area contributed by atoms with Gasteiger partial charge in [0.05, 0.1) is 52.6 Å². The SMILES string of the molecule is C=C(C)C(=O)OC(CO)CN(CC(CO)OC(=O)C(=C)C)c1ccc(Oc2ccc(N(CC(CO)OC(=O)C(=C)C)CC(CO)OC(=O)C(=C)C)cc2)cc1. The number of rotatable bonds is 24. The van der Waals surface area contributed by atoms with Crippen LogP contribution in [0.3, 0.4) is 0 Å². The van der Waals surface area contributed by atoms with E-state index in [2.05, 4.69) is 26.3 Å². The molecule has 0 heterocycles. The molecular weight excluding hydrogens is 716 g/mol. The monoisotopic (exact) mass is 768 g/mol. The van der Waals surface area contributed by atoms with Gasteiger partial charge in [-0.1, -0.05) is 26.3 Å². The lowest BCUT2D eigenvalue weighted by molar-refractivity contribution is -0.147. The molecule has 0 aromatic heterocycles. The third-order valence-electron chi connectivity index (χ3n) is 7.64. The highest BCUT2D eigenvalue weighted by molar-refractivity contribution is 5.88. The normalized spacial score (nSPS) is 12.9. The molecule has 2 rings (SSSR count). The van der Waals surface area contributed by atoms with Crippen LogP contribution in [0, 0.1) is 0 Å². The summed E-state index contributed by atoms with van der Waals surface area (Å²) in [6, 6.07) is 13.4. The first kappa shape index (κ1) is 45.7. The first-order valence-corrected chi connectivity index (χ1v) is 17.3. The van der Waals surface area contributed by atoms with E-state index in [-0.39, 0.29) is 48.5 Å². The van der Waals surface area contributed by atoms with E-state index in [9.17, 15) is 39.6 Å². The van der Waals surface area contributed by atoms with Gasteiger partial charge in [-0.15, -0.1) is 0 Å². The maximum absolute atomic E-state index is 12.2. The van der Waals surface area contributed by atoms with Crippen LogP contribution in [-0.4, -0.2) is 121 Å². The van der Waals surface area contributed by atoms with Gasteiger partial charge in [0, 0.05) is 33.7 Å². The Morgan fingerprint density at radius 3 is 0.873 bits per heavy atom. The van der Waals surface area contributed by atoms with Crippen LogP contribution in [0.2, 0.25) is 0 Å². The van der Waals surface area contributed by atoms with Crippen molar-refractivity contribution in [3.8, 4) is 11.5 Å². The van der Waals surface area contributed by atoms with Crippen LogP contribution >= 0.6 is 0 Å². The lowest BCUT2D eigenvalue weighted by atomic mass is 10.2. The Balaban J connectivity index is 2.34. The molecule has 0 saturated carbocycles. The van der Waals surface area contributed by atoms with E-state index in [0.29, 0.717) is 22.9 Å². The molecule has 0 saturated heterocycles. The number of aliphatic hydroxyl groups excluding tert-OH is 4. The molecule has 300 valence electrons. The zero-order chi connectivity index (χ0) is 41.2. The summed E-state index contributed by atoms with van der Waals surface area (Å²) in [5.41, 5.74) is 1.70. The summed E-state index contributed by atoms with van der Waals surface area (Å²) in [5.74, 6) is -1.92. The van der Waals surface area contributed by atoms with Gasteiger partial charge in [0.1, 0.15) is 35.9 Å². The van der Waals surface area contributed by atoms with Gasteiger partial charge in [0.2, 0.25) is 0 Å². The number of nitrogens with zero attached hydrogens (tertiary/aromatic N) is 2. The Labute approximate surface area is 321 Å². The van der Waals surface area contributed by atoms with Gasteiger partial charge in [0.15, 0.2) is 0 Å². The number of carbonyl (C=O) groups is 4. The number of aliphatic hydroxyl groups is 4. The zero-order valence-corrected chi connectivity index (χ0v) is 31.8. The highest BCUT2D eigenvalue weighted by atomic mass is 16.6. The van der Waals surface area contributed by atoms with Gasteiger partial charge in [-0.25, -0.2) is 19.2 Å². The third kappa shape index (κ3) is 15.4. The fourth-order valence-electron chi connectivity index (χ4n) is 4.68. The van der Waals surface area contributed by atoms with E-state index in [1.165, 1.54) is 27.7 Å². The summed E-state index contributed by atoms with van der Waals surface area (Å²) < 4.78 is 27.5. The van der Waals surface area contributed by atoms with Crippen molar-refractivity contribution in [2.45, 2.75) is 52.1 Å². The predicted molar refractivity (Wildman–Crippen MR) is 205 cm³/mol. The topological polar surface area (TPSA) is 202 Å². The van der Waals surface area contributed by atoms with E-state index in [4.69, 9.17) is 23.7 Å². The van der Waals surface area contributed by atoms with Crippen LogP contribution in [-0.2, 0) is 38.1 Å². The van der Waals surface area contributed by atoms with Crippen LogP contribution in [0.5, 0.6) is 11.5 Å². The second-order valence-corrected chi connectivity index (χ2v) is 12.9. The van der Waals surface area contributed by atoms with Crippen molar-refractivity contribution in [2.75, 3.05) is 62.4 Å². The largest absolute Gasteiger partial charge is 0.457 e. The molecule has 55 heavy (non-hydrogen) atoms. The minimum atomic E-state index is -0.981. The molecule has 4 N–H and O–H groups in total. The average molecular weight is 769 g/mol. The number of carbonyl (C=O) groups excluding carboxylic acids is 4. The molecule has 0 bridgehead atoms. The van der Waals surface area contributed by atoms with Crippen LogP contribution in [0.4, 0.5) is 11.4 Å². The van der Waals surface area contributed by atoms with Gasteiger partial charge >= 0.3 is 23.9 Å². The summed E-state index contributed by atoms with van der Waals surface area (Å²) in [6.45, 7) is 18.0. The molecular formula is C40H52N2O13. The number of anilines is 2. The first-order chi connectivity index (χ1) is 26.0. The smallest absolute Gasteiger partial charge is 0.333 e. The quantitative estimate of drug-likeness (QED) is 0.0689. The summed E-state index contributed by atoms with van der Waals surface area (Å²) >= 11 is 0. The fraction of sp³-hybridized carbons (Fsp3) is 0.400. The van der Waals surface area contributed by atoms with Gasteiger partial charge in [-0.2, -0.15) is 0 Å². The Morgan fingerprint density at radius 1 is 0.473 bits per heavy atom. The molecule has 0 radical (unpaired) electrons. The van der Waals surface area contributed by atoms with Crippen molar-refractivity contribution in [3.05, 3.63) is 97.1 Å². The Hall–Kier alpha value is -5.48. The Morgan fingerprint density at radius 2 is 0.691 bits per heavy atom. The molecule has 0 fully saturated rings. The van der Waals surface area contributed by atoms with Gasteiger partial charge in [-0.05, 0) is 76.2 Å². The van der Waals surface area contributed by atoms with E-state index in [0.717, 1.165) is 0 Å². The van der Waals surface area contributed by atoms with Crippen LogP contribution in [0.25, 0.3) is 0 Å². The van der Waals surface area contributed by atoms with Gasteiger partial charge in [0.25, 0.3) is 0 Å². The van der Waals surface area contributed by atoms with Crippen LogP contribution in [0.1, 0.15) is 27.7 Å². The van der Waals surface area contributed by atoms with Crippen molar-refractivity contribution >= 4 is 35.3 Å². The molecule has 4 atom stereocenters. The number of benzene rings is 2. The molecule has 0 aliphatic heterocycles. The maximum Gasteiger partial charge on any atom is 0.333 e. The molecule has 0 amide bonds. The average Bonchev–Trinajstić information content (AvgIpc) is 3.15. The molecule has 0 aliphatic carbocycles. The minimum absolute atomic E-state index is 0.0259. The summed E-state index contributed by atoms with van der Waals surface area (Å²) in [6.07, 6.45) is -3.92. The lowest BCUT2D eigenvalue weighted by Crippen LogP contribution is -2.43.